The third-order valence-electron chi connectivity index (χ3n) is 2.82. The first-order valence-corrected chi connectivity index (χ1v) is 8.80. The Morgan fingerprint density at radius 1 is 0.850 bits per heavy atom. The lowest BCUT2D eigenvalue weighted by molar-refractivity contribution is -0.145. The van der Waals surface area contributed by atoms with Gasteiger partial charge in [0.1, 0.15) is 6.61 Å². The highest BCUT2D eigenvalue weighted by Crippen LogP contribution is 2.07. The third-order valence-corrected chi connectivity index (χ3v) is 3.14. The molecule has 0 saturated carbocycles. The second-order valence-corrected chi connectivity index (χ2v) is 5.44. The van der Waals surface area contributed by atoms with E-state index in [4.69, 9.17) is 14.2 Å². The fourth-order valence-corrected chi connectivity index (χ4v) is 1.94. The molecule has 4 nitrogen and oxygen atoms in total. The molecule has 0 aliphatic heterocycles. The van der Waals surface area contributed by atoms with Gasteiger partial charge in [0.2, 0.25) is 0 Å². The van der Waals surface area contributed by atoms with Crippen LogP contribution < -0.4 is 0 Å². The molecule has 0 aliphatic rings. The maximum Gasteiger partial charge on any atom is 0.305 e. The van der Waals surface area contributed by atoms with Gasteiger partial charge in [0, 0.05) is 11.8 Å². The quantitative estimate of drug-likeness (QED) is 0.256. The number of unbranched alkanes of at least 4 members (excludes halogenated alkanes) is 5. The van der Waals surface area contributed by atoms with Crippen LogP contribution in [0.1, 0.15) is 51.9 Å². The number of alkyl halides is 1. The minimum atomic E-state index is -0.111. The molecule has 0 atom stereocenters. The summed E-state index contributed by atoms with van der Waals surface area (Å²) in [6.45, 7) is 4.80. The molecule has 0 spiro atoms. The Balaban J connectivity index is 3.12. The summed E-state index contributed by atoms with van der Waals surface area (Å²) in [5.74, 6) is -0.111. The summed E-state index contributed by atoms with van der Waals surface area (Å²) in [5, 5.41) is 0.836. The van der Waals surface area contributed by atoms with Gasteiger partial charge in [-0.25, -0.2) is 0 Å². The standard InChI is InChI=1S/C15H29BrO4/c1-2-3-4-5-6-7-8-15(17)20-14-13-19-12-11-18-10-9-16/h2-14H2,1H3. The van der Waals surface area contributed by atoms with Crippen molar-refractivity contribution < 1.29 is 19.0 Å². The maximum absolute atomic E-state index is 11.4. The Morgan fingerprint density at radius 3 is 2.15 bits per heavy atom. The van der Waals surface area contributed by atoms with Gasteiger partial charge in [-0.3, -0.25) is 4.79 Å². The lowest BCUT2D eigenvalue weighted by atomic mass is 10.1. The molecular formula is C15H29BrO4. The molecule has 120 valence electrons. The van der Waals surface area contributed by atoms with Crippen LogP contribution in [0.2, 0.25) is 0 Å². The van der Waals surface area contributed by atoms with Crippen molar-refractivity contribution in [2.45, 2.75) is 51.9 Å². The second kappa shape index (κ2) is 16.9. The number of carbonyl (C=O) groups excluding carboxylic acids is 1. The first kappa shape index (κ1) is 19.9. The van der Waals surface area contributed by atoms with Crippen molar-refractivity contribution in [1.29, 1.82) is 0 Å². The molecule has 0 bridgehead atoms. The molecule has 5 heteroatoms. The monoisotopic (exact) mass is 352 g/mol. The smallest absolute Gasteiger partial charge is 0.305 e. The van der Waals surface area contributed by atoms with Crippen molar-refractivity contribution >= 4 is 21.9 Å². The van der Waals surface area contributed by atoms with Crippen LogP contribution in [-0.2, 0) is 19.0 Å². The zero-order valence-corrected chi connectivity index (χ0v) is 14.3. The van der Waals surface area contributed by atoms with E-state index in [0.29, 0.717) is 39.5 Å². The van der Waals surface area contributed by atoms with Gasteiger partial charge in [-0.15, -0.1) is 0 Å². The number of ether oxygens (including phenoxy) is 3. The molecule has 0 unspecified atom stereocenters. The minimum absolute atomic E-state index is 0.111. The van der Waals surface area contributed by atoms with Crippen molar-refractivity contribution in [3.05, 3.63) is 0 Å². The van der Waals surface area contributed by atoms with E-state index < -0.39 is 0 Å². The van der Waals surface area contributed by atoms with Crippen molar-refractivity contribution in [3.8, 4) is 0 Å². The molecular weight excluding hydrogens is 324 g/mol. The molecule has 0 aromatic carbocycles. The van der Waals surface area contributed by atoms with Crippen LogP contribution in [0.4, 0.5) is 0 Å². The Labute approximate surface area is 131 Å². The van der Waals surface area contributed by atoms with Gasteiger partial charge < -0.3 is 14.2 Å². The van der Waals surface area contributed by atoms with Gasteiger partial charge in [-0.1, -0.05) is 55.0 Å². The summed E-state index contributed by atoms with van der Waals surface area (Å²) in [4.78, 5) is 11.4. The van der Waals surface area contributed by atoms with Gasteiger partial charge in [0.05, 0.1) is 26.4 Å². The highest BCUT2D eigenvalue weighted by molar-refractivity contribution is 9.09. The second-order valence-electron chi connectivity index (χ2n) is 4.65. The molecule has 0 saturated heterocycles. The van der Waals surface area contributed by atoms with Crippen LogP contribution in [0, 0.1) is 0 Å². The van der Waals surface area contributed by atoms with Crippen molar-refractivity contribution in [1.82, 2.24) is 0 Å². The number of esters is 1. The summed E-state index contributed by atoms with van der Waals surface area (Å²) in [6.07, 6.45) is 7.63. The topological polar surface area (TPSA) is 44.8 Å². The number of rotatable bonds is 15. The summed E-state index contributed by atoms with van der Waals surface area (Å²) in [5.41, 5.74) is 0. The van der Waals surface area contributed by atoms with Crippen molar-refractivity contribution in [2.24, 2.45) is 0 Å². The maximum atomic E-state index is 11.4. The summed E-state index contributed by atoms with van der Waals surface area (Å²) < 4.78 is 15.6. The number of halogens is 1. The fraction of sp³-hybridized carbons (Fsp3) is 0.933. The summed E-state index contributed by atoms with van der Waals surface area (Å²) in [6, 6.07) is 0. The van der Waals surface area contributed by atoms with E-state index in [9.17, 15) is 4.79 Å². The van der Waals surface area contributed by atoms with Gasteiger partial charge >= 0.3 is 5.97 Å². The lowest BCUT2D eigenvalue weighted by Gasteiger charge is -2.06. The first-order chi connectivity index (χ1) is 9.81. The average molecular weight is 353 g/mol. The van der Waals surface area contributed by atoms with Crippen molar-refractivity contribution in [3.63, 3.8) is 0 Å². The van der Waals surface area contributed by atoms with Gasteiger partial charge in [-0.2, -0.15) is 0 Å². The third kappa shape index (κ3) is 15.9. The Morgan fingerprint density at radius 2 is 1.45 bits per heavy atom. The molecule has 0 aromatic heterocycles. The van der Waals surface area contributed by atoms with Crippen molar-refractivity contribution in [2.75, 3.05) is 38.4 Å². The van der Waals surface area contributed by atoms with Gasteiger partial charge in [0.15, 0.2) is 0 Å². The van der Waals surface area contributed by atoms with Crippen LogP contribution in [0.25, 0.3) is 0 Å². The number of hydrogen-bond acceptors (Lipinski definition) is 4. The molecule has 0 N–H and O–H groups in total. The predicted octanol–water partition coefficient (Wildman–Crippen LogP) is 3.71. The molecule has 0 amide bonds. The van der Waals surface area contributed by atoms with E-state index >= 15 is 0 Å². The molecule has 0 rings (SSSR count). The Bertz CT molecular complexity index is 212. The van der Waals surface area contributed by atoms with E-state index in [1.54, 1.807) is 0 Å². The molecule has 0 fully saturated rings. The molecule has 0 radical (unpaired) electrons. The molecule has 0 aromatic rings. The number of hydrogen-bond donors (Lipinski definition) is 0. The van der Waals surface area contributed by atoms with E-state index in [1.807, 2.05) is 0 Å². The van der Waals surface area contributed by atoms with Crippen LogP contribution in [0.3, 0.4) is 0 Å². The number of carbonyl (C=O) groups is 1. The Hall–Kier alpha value is -0.130. The molecule has 0 aliphatic carbocycles. The SMILES string of the molecule is CCCCCCCCC(=O)OCCOCCOCCBr. The summed E-state index contributed by atoms with van der Waals surface area (Å²) >= 11 is 3.27. The normalized spacial score (nSPS) is 10.7. The highest BCUT2D eigenvalue weighted by Gasteiger charge is 2.02. The van der Waals surface area contributed by atoms with E-state index in [-0.39, 0.29) is 5.97 Å². The van der Waals surface area contributed by atoms with Gasteiger partial charge in [0.25, 0.3) is 0 Å². The van der Waals surface area contributed by atoms with Gasteiger partial charge in [-0.05, 0) is 6.42 Å². The van der Waals surface area contributed by atoms with Crippen LogP contribution >= 0.6 is 15.9 Å². The average Bonchev–Trinajstić information content (AvgIpc) is 2.45. The zero-order valence-electron chi connectivity index (χ0n) is 12.7. The molecule has 20 heavy (non-hydrogen) atoms. The molecule has 0 heterocycles. The largest absolute Gasteiger partial charge is 0.463 e. The van der Waals surface area contributed by atoms with E-state index in [2.05, 4.69) is 22.9 Å². The Kier molecular flexibility index (Phi) is 16.8. The highest BCUT2D eigenvalue weighted by atomic mass is 79.9. The predicted molar refractivity (Wildman–Crippen MR) is 84.4 cm³/mol. The van der Waals surface area contributed by atoms with Crippen LogP contribution in [-0.4, -0.2) is 44.3 Å². The van der Waals surface area contributed by atoms with E-state index in [1.165, 1.54) is 25.7 Å². The van der Waals surface area contributed by atoms with E-state index in [0.717, 1.165) is 18.2 Å². The van der Waals surface area contributed by atoms with Crippen LogP contribution in [0.15, 0.2) is 0 Å². The fourth-order valence-electron chi connectivity index (χ4n) is 1.71. The first-order valence-electron chi connectivity index (χ1n) is 7.68. The zero-order chi connectivity index (χ0) is 14.9. The van der Waals surface area contributed by atoms with Crippen LogP contribution in [0.5, 0.6) is 0 Å². The lowest BCUT2D eigenvalue weighted by Crippen LogP contribution is -2.13. The summed E-state index contributed by atoms with van der Waals surface area (Å²) in [7, 11) is 0. The minimum Gasteiger partial charge on any atom is -0.463 e.